The van der Waals surface area contributed by atoms with Crippen molar-refractivity contribution in [2.45, 2.75) is 12.5 Å². The summed E-state index contributed by atoms with van der Waals surface area (Å²) >= 11 is 0. The molecule has 0 aliphatic heterocycles. The molecule has 0 aromatic carbocycles. The predicted octanol–water partition coefficient (Wildman–Crippen LogP) is -2.13. The number of urea groups is 1. The van der Waals surface area contributed by atoms with E-state index in [-0.39, 0.29) is 25.4 Å². The van der Waals surface area contributed by atoms with Crippen molar-refractivity contribution in [2.24, 2.45) is 0 Å². The maximum absolute atomic E-state index is 11.0. The molecule has 1 atom stereocenters. The number of aliphatic carboxylic acids is 1. The topological polar surface area (TPSA) is 128 Å². The lowest BCUT2D eigenvalue weighted by molar-refractivity contribution is -0.146. The number of carboxylic acids is 1. The Labute approximate surface area is 92.0 Å². The van der Waals surface area contributed by atoms with Crippen molar-refractivity contribution >= 4 is 17.9 Å². The van der Waals surface area contributed by atoms with Crippen LogP contribution in [-0.4, -0.2) is 54.4 Å². The molecule has 16 heavy (non-hydrogen) atoms. The largest absolute Gasteiger partial charge is 0.479 e. The molecule has 5 N–H and O–H groups in total. The molecule has 0 rings (SSSR count). The lowest BCUT2D eigenvalue weighted by atomic mass is 10.2. The average molecular weight is 233 g/mol. The van der Waals surface area contributed by atoms with E-state index in [0.717, 1.165) is 0 Å². The van der Waals surface area contributed by atoms with E-state index in [2.05, 4.69) is 16.0 Å². The third-order valence-corrected chi connectivity index (χ3v) is 1.68. The van der Waals surface area contributed by atoms with Crippen LogP contribution in [0.5, 0.6) is 0 Å². The molecule has 0 saturated heterocycles. The minimum absolute atomic E-state index is 0.00699. The van der Waals surface area contributed by atoms with Gasteiger partial charge in [-0.3, -0.25) is 4.79 Å². The number of hydrogen-bond donors (Lipinski definition) is 5. The van der Waals surface area contributed by atoms with Crippen LogP contribution < -0.4 is 16.0 Å². The molecule has 0 aliphatic carbocycles. The fourth-order valence-electron chi connectivity index (χ4n) is 0.757. The summed E-state index contributed by atoms with van der Waals surface area (Å²) in [5, 5.41) is 24.0. The smallest absolute Gasteiger partial charge is 0.332 e. The first-order valence-electron chi connectivity index (χ1n) is 4.60. The highest BCUT2D eigenvalue weighted by molar-refractivity contribution is 5.83. The standard InChI is InChI=1S/C8H15N3O5/c1-9-6(13)4-11-8(16)10-3-2-5(12)7(14)15/h5,12H,2-4H2,1H3,(H,9,13)(H,14,15)(H2,10,11,16)/t5-/m0/s1. The second kappa shape index (κ2) is 7.46. The van der Waals surface area contributed by atoms with Gasteiger partial charge in [-0.05, 0) is 0 Å². The molecule has 0 aromatic heterocycles. The van der Waals surface area contributed by atoms with Gasteiger partial charge in [-0.1, -0.05) is 0 Å². The average Bonchev–Trinajstić information content (AvgIpc) is 2.25. The Hall–Kier alpha value is -1.83. The second-order valence-electron chi connectivity index (χ2n) is 2.93. The quantitative estimate of drug-likeness (QED) is 0.358. The SMILES string of the molecule is CNC(=O)CNC(=O)NCC[C@H](O)C(=O)O. The van der Waals surface area contributed by atoms with Gasteiger partial charge in [-0.2, -0.15) is 0 Å². The third-order valence-electron chi connectivity index (χ3n) is 1.68. The molecule has 8 heteroatoms. The predicted molar refractivity (Wildman–Crippen MR) is 53.7 cm³/mol. The summed E-state index contributed by atoms with van der Waals surface area (Å²) in [6, 6.07) is -0.596. The lowest BCUT2D eigenvalue weighted by Gasteiger charge is -2.08. The van der Waals surface area contributed by atoms with Crippen molar-refractivity contribution < 1.29 is 24.6 Å². The van der Waals surface area contributed by atoms with Crippen LogP contribution in [0.2, 0.25) is 0 Å². The number of rotatable bonds is 6. The van der Waals surface area contributed by atoms with E-state index < -0.39 is 18.1 Å². The Balaban J connectivity index is 3.58. The Morgan fingerprint density at radius 3 is 2.38 bits per heavy atom. The van der Waals surface area contributed by atoms with Crippen LogP contribution in [0.15, 0.2) is 0 Å². The van der Waals surface area contributed by atoms with Crippen molar-refractivity contribution in [1.29, 1.82) is 0 Å². The second-order valence-corrected chi connectivity index (χ2v) is 2.93. The van der Waals surface area contributed by atoms with Crippen LogP contribution in [0.1, 0.15) is 6.42 Å². The Morgan fingerprint density at radius 1 is 1.25 bits per heavy atom. The number of carbonyl (C=O) groups excluding carboxylic acids is 2. The van der Waals surface area contributed by atoms with Gasteiger partial charge in [0, 0.05) is 20.0 Å². The first-order valence-corrected chi connectivity index (χ1v) is 4.60. The molecular weight excluding hydrogens is 218 g/mol. The van der Waals surface area contributed by atoms with E-state index >= 15 is 0 Å². The minimum atomic E-state index is -1.50. The van der Waals surface area contributed by atoms with Crippen molar-refractivity contribution in [3.05, 3.63) is 0 Å². The molecule has 0 saturated carbocycles. The first-order chi connectivity index (χ1) is 7.47. The van der Waals surface area contributed by atoms with E-state index in [1.54, 1.807) is 0 Å². The van der Waals surface area contributed by atoms with Gasteiger partial charge in [-0.15, -0.1) is 0 Å². The summed E-state index contributed by atoms with van der Waals surface area (Å²) in [5.74, 6) is -1.69. The Morgan fingerprint density at radius 2 is 1.88 bits per heavy atom. The van der Waals surface area contributed by atoms with Gasteiger partial charge in [0.25, 0.3) is 0 Å². The fourth-order valence-corrected chi connectivity index (χ4v) is 0.757. The van der Waals surface area contributed by atoms with E-state index in [4.69, 9.17) is 10.2 Å². The zero-order chi connectivity index (χ0) is 12.6. The molecule has 8 nitrogen and oxygen atoms in total. The number of aliphatic hydroxyl groups excluding tert-OH is 1. The molecule has 0 fully saturated rings. The zero-order valence-electron chi connectivity index (χ0n) is 8.82. The Kier molecular flexibility index (Phi) is 6.61. The van der Waals surface area contributed by atoms with Crippen LogP contribution in [0.3, 0.4) is 0 Å². The number of likely N-dealkylation sites (N-methyl/N-ethyl adjacent to an activating group) is 1. The normalized spacial score (nSPS) is 11.4. The molecule has 0 heterocycles. The number of aliphatic hydroxyl groups is 1. The Bertz CT molecular complexity index is 268. The molecule has 0 spiro atoms. The van der Waals surface area contributed by atoms with Crippen LogP contribution in [0.4, 0.5) is 4.79 Å². The molecule has 0 bridgehead atoms. The number of hydrogen-bond acceptors (Lipinski definition) is 4. The number of nitrogens with one attached hydrogen (secondary N) is 3. The lowest BCUT2D eigenvalue weighted by Crippen LogP contribution is -2.42. The molecule has 0 aliphatic rings. The van der Waals surface area contributed by atoms with Gasteiger partial charge >= 0.3 is 12.0 Å². The van der Waals surface area contributed by atoms with Crippen molar-refractivity contribution in [1.82, 2.24) is 16.0 Å². The molecule has 0 radical (unpaired) electrons. The van der Waals surface area contributed by atoms with Gasteiger partial charge in [0.15, 0.2) is 6.10 Å². The number of carbonyl (C=O) groups is 3. The van der Waals surface area contributed by atoms with Crippen molar-refractivity contribution in [2.75, 3.05) is 20.1 Å². The molecule has 3 amide bonds. The molecular formula is C8H15N3O5. The molecule has 0 aromatic rings. The summed E-state index contributed by atoms with van der Waals surface area (Å²) < 4.78 is 0. The van der Waals surface area contributed by atoms with Crippen molar-refractivity contribution in [3.63, 3.8) is 0 Å². The summed E-state index contributed by atoms with van der Waals surface area (Å²) in [5.41, 5.74) is 0. The van der Waals surface area contributed by atoms with E-state index in [0.29, 0.717) is 0 Å². The highest BCUT2D eigenvalue weighted by Gasteiger charge is 2.12. The number of carboxylic acid groups (broad SMARTS) is 1. The van der Waals surface area contributed by atoms with Gasteiger partial charge in [0.2, 0.25) is 5.91 Å². The maximum atomic E-state index is 11.0. The molecule has 92 valence electrons. The van der Waals surface area contributed by atoms with E-state index in [1.807, 2.05) is 0 Å². The first kappa shape index (κ1) is 14.2. The van der Waals surface area contributed by atoms with Crippen LogP contribution >= 0.6 is 0 Å². The summed E-state index contributed by atoms with van der Waals surface area (Å²) in [4.78, 5) is 31.9. The number of amides is 3. The fraction of sp³-hybridized carbons (Fsp3) is 0.625. The summed E-state index contributed by atoms with van der Waals surface area (Å²) in [6.07, 6.45) is -1.60. The van der Waals surface area contributed by atoms with Crippen LogP contribution in [0, 0.1) is 0 Å². The van der Waals surface area contributed by atoms with E-state index in [9.17, 15) is 14.4 Å². The maximum Gasteiger partial charge on any atom is 0.332 e. The van der Waals surface area contributed by atoms with Crippen LogP contribution in [0.25, 0.3) is 0 Å². The monoisotopic (exact) mass is 233 g/mol. The third kappa shape index (κ3) is 6.60. The van der Waals surface area contributed by atoms with Gasteiger partial charge in [-0.25, -0.2) is 9.59 Å². The van der Waals surface area contributed by atoms with Crippen LogP contribution in [-0.2, 0) is 9.59 Å². The highest BCUT2D eigenvalue weighted by Crippen LogP contribution is 1.88. The van der Waals surface area contributed by atoms with Gasteiger partial charge in [0.05, 0.1) is 6.54 Å². The zero-order valence-corrected chi connectivity index (χ0v) is 8.82. The summed E-state index contributed by atoms with van der Waals surface area (Å²) in [7, 11) is 1.44. The van der Waals surface area contributed by atoms with Crippen molar-refractivity contribution in [3.8, 4) is 0 Å². The summed E-state index contributed by atoms with van der Waals surface area (Å²) in [6.45, 7) is -0.156. The highest BCUT2D eigenvalue weighted by atomic mass is 16.4. The minimum Gasteiger partial charge on any atom is -0.479 e. The van der Waals surface area contributed by atoms with Gasteiger partial charge in [0.1, 0.15) is 0 Å². The molecule has 0 unspecified atom stereocenters. The van der Waals surface area contributed by atoms with Gasteiger partial charge < -0.3 is 26.2 Å². The van der Waals surface area contributed by atoms with E-state index in [1.165, 1.54) is 7.05 Å².